The van der Waals surface area contributed by atoms with Crippen LogP contribution in [-0.4, -0.2) is 31.2 Å². The Morgan fingerprint density at radius 1 is 1.58 bits per heavy atom. The molecule has 1 unspecified atom stereocenters. The lowest BCUT2D eigenvalue weighted by atomic mass is 9.95. The van der Waals surface area contributed by atoms with Crippen LogP contribution in [0, 0.1) is 5.92 Å². The molecule has 1 saturated carbocycles. The molecule has 12 heavy (non-hydrogen) atoms. The van der Waals surface area contributed by atoms with Crippen molar-refractivity contribution in [3.63, 3.8) is 0 Å². The summed E-state index contributed by atoms with van der Waals surface area (Å²) in [6, 6.07) is 0. The third-order valence-electron chi connectivity index (χ3n) is 2.68. The maximum atomic E-state index is 11.2. The summed E-state index contributed by atoms with van der Waals surface area (Å²) in [6.45, 7) is 2.01. The molecule has 3 N–H and O–H groups in total. The third-order valence-corrected chi connectivity index (χ3v) is 2.68. The van der Waals surface area contributed by atoms with Crippen LogP contribution in [0.2, 0.25) is 0 Å². The van der Waals surface area contributed by atoms with Crippen molar-refractivity contribution in [1.82, 2.24) is 5.32 Å². The van der Waals surface area contributed by atoms with E-state index in [9.17, 15) is 4.79 Å². The van der Waals surface area contributed by atoms with Crippen molar-refractivity contribution in [1.29, 1.82) is 0 Å². The highest BCUT2D eigenvalue weighted by Crippen LogP contribution is 2.42. The quantitative estimate of drug-likeness (QED) is 0.572. The minimum absolute atomic E-state index is 0.308. The van der Waals surface area contributed by atoms with Crippen LogP contribution in [0.5, 0.6) is 0 Å². The predicted molar refractivity (Wildman–Crippen MR) is 43.5 cm³/mol. The van der Waals surface area contributed by atoms with E-state index >= 15 is 0 Å². The lowest BCUT2D eigenvalue weighted by Gasteiger charge is -2.35. The van der Waals surface area contributed by atoms with Crippen LogP contribution in [0.1, 0.15) is 12.8 Å². The fourth-order valence-electron chi connectivity index (χ4n) is 1.80. The molecule has 0 aromatic rings. The lowest BCUT2D eigenvalue weighted by Crippen LogP contribution is -2.59. The van der Waals surface area contributed by atoms with E-state index in [1.807, 2.05) is 0 Å². The molecule has 0 aromatic heterocycles. The summed E-state index contributed by atoms with van der Waals surface area (Å²) in [4.78, 5) is 11.2. The number of rotatable bonds is 2. The van der Waals surface area contributed by atoms with Crippen molar-refractivity contribution >= 4 is 5.91 Å². The largest absolute Gasteiger partial charge is 0.367 e. The van der Waals surface area contributed by atoms with E-state index < -0.39 is 5.60 Å². The molecule has 4 heteroatoms. The summed E-state index contributed by atoms with van der Waals surface area (Å²) in [5, 5.41) is 3.15. The molecule has 4 nitrogen and oxygen atoms in total. The molecule has 2 rings (SSSR count). The van der Waals surface area contributed by atoms with Crippen LogP contribution < -0.4 is 11.1 Å². The number of ether oxygens (including phenoxy) is 1. The zero-order valence-corrected chi connectivity index (χ0v) is 7.01. The maximum Gasteiger partial charge on any atom is 0.251 e. The molecular formula is C8H14N2O2. The topological polar surface area (TPSA) is 64.4 Å². The highest BCUT2D eigenvalue weighted by Gasteiger charge is 2.51. The highest BCUT2D eigenvalue weighted by atomic mass is 16.5. The third kappa shape index (κ3) is 1.11. The molecule has 0 spiro atoms. The number of nitrogens with one attached hydrogen (secondary N) is 1. The van der Waals surface area contributed by atoms with Gasteiger partial charge >= 0.3 is 0 Å². The monoisotopic (exact) mass is 170 g/mol. The lowest BCUT2D eigenvalue weighted by molar-refractivity contribution is -0.150. The first-order chi connectivity index (χ1) is 5.76. The van der Waals surface area contributed by atoms with E-state index in [-0.39, 0.29) is 5.91 Å². The summed E-state index contributed by atoms with van der Waals surface area (Å²) in [6.07, 6.45) is 2.15. The number of carbonyl (C=O) groups excluding carboxylic acids is 1. The fraction of sp³-hybridized carbons (Fsp3) is 0.875. The second-order valence-electron chi connectivity index (χ2n) is 3.55. The number of nitrogens with two attached hydrogens (primary N) is 1. The minimum Gasteiger partial charge on any atom is -0.367 e. The Labute approximate surface area is 71.4 Å². The molecule has 1 aliphatic carbocycles. The van der Waals surface area contributed by atoms with Crippen molar-refractivity contribution < 1.29 is 9.53 Å². The van der Waals surface area contributed by atoms with E-state index in [1.165, 1.54) is 0 Å². The molecule has 0 bridgehead atoms. The van der Waals surface area contributed by atoms with Gasteiger partial charge in [0.1, 0.15) is 0 Å². The first-order valence-electron chi connectivity index (χ1n) is 4.40. The van der Waals surface area contributed by atoms with Crippen LogP contribution in [-0.2, 0) is 9.53 Å². The van der Waals surface area contributed by atoms with Gasteiger partial charge in [-0.05, 0) is 18.8 Å². The van der Waals surface area contributed by atoms with Crippen LogP contribution in [0.3, 0.4) is 0 Å². The number of hydrogen-bond donors (Lipinski definition) is 2. The molecule has 1 amide bonds. The van der Waals surface area contributed by atoms with Gasteiger partial charge in [0.15, 0.2) is 5.60 Å². The van der Waals surface area contributed by atoms with Gasteiger partial charge in [0.2, 0.25) is 0 Å². The Kier molecular flexibility index (Phi) is 1.81. The number of hydrogen-bond acceptors (Lipinski definition) is 3. The average molecular weight is 170 g/mol. The summed E-state index contributed by atoms with van der Waals surface area (Å²) >= 11 is 0. The van der Waals surface area contributed by atoms with Gasteiger partial charge < -0.3 is 15.8 Å². The molecule has 1 saturated heterocycles. The first kappa shape index (κ1) is 8.01. The Hall–Kier alpha value is -0.610. The van der Waals surface area contributed by atoms with E-state index in [4.69, 9.17) is 10.5 Å². The van der Waals surface area contributed by atoms with Gasteiger partial charge in [0.05, 0.1) is 6.61 Å². The number of morpholine rings is 1. The minimum atomic E-state index is -0.682. The van der Waals surface area contributed by atoms with Crippen molar-refractivity contribution in [3.8, 4) is 0 Å². The Morgan fingerprint density at radius 3 is 2.75 bits per heavy atom. The Balaban J connectivity index is 2.13. The molecule has 2 aliphatic rings. The molecule has 0 aromatic carbocycles. The first-order valence-corrected chi connectivity index (χ1v) is 4.40. The van der Waals surface area contributed by atoms with Crippen LogP contribution in [0.4, 0.5) is 0 Å². The van der Waals surface area contributed by atoms with Crippen LogP contribution in [0.25, 0.3) is 0 Å². The van der Waals surface area contributed by atoms with Gasteiger partial charge in [0.25, 0.3) is 5.91 Å². The number of primary amides is 1. The molecule has 0 radical (unpaired) electrons. The average Bonchev–Trinajstić information content (AvgIpc) is 2.88. The van der Waals surface area contributed by atoms with Gasteiger partial charge in [-0.25, -0.2) is 0 Å². The summed E-state index contributed by atoms with van der Waals surface area (Å²) in [5.41, 5.74) is 4.66. The van der Waals surface area contributed by atoms with Gasteiger partial charge in [-0.2, -0.15) is 0 Å². The molecule has 1 atom stereocenters. The SMILES string of the molecule is NC(=O)C1(C2CC2)CNCCO1. The normalized spacial score (nSPS) is 36.3. The summed E-state index contributed by atoms with van der Waals surface area (Å²) in [7, 11) is 0. The molecule has 2 fully saturated rings. The smallest absolute Gasteiger partial charge is 0.251 e. The van der Waals surface area contributed by atoms with Crippen LogP contribution >= 0.6 is 0 Å². The Bertz CT molecular complexity index is 195. The molecular weight excluding hydrogens is 156 g/mol. The zero-order chi connectivity index (χ0) is 8.60. The second kappa shape index (κ2) is 2.71. The van der Waals surface area contributed by atoms with Gasteiger partial charge in [0, 0.05) is 13.1 Å². The van der Waals surface area contributed by atoms with Crippen LogP contribution in [0.15, 0.2) is 0 Å². The maximum absolute atomic E-state index is 11.2. The Morgan fingerprint density at radius 2 is 2.33 bits per heavy atom. The van der Waals surface area contributed by atoms with Gasteiger partial charge in [-0.1, -0.05) is 0 Å². The number of amides is 1. The zero-order valence-electron chi connectivity index (χ0n) is 7.01. The molecule has 1 heterocycles. The number of carbonyl (C=O) groups is 1. The standard InChI is InChI=1S/C8H14N2O2/c9-7(11)8(6-1-2-6)5-10-3-4-12-8/h6,10H,1-5H2,(H2,9,11). The predicted octanol–water partition coefficient (Wildman–Crippen LogP) is -0.760. The van der Waals surface area contributed by atoms with Crippen molar-refractivity contribution in [2.75, 3.05) is 19.7 Å². The van der Waals surface area contributed by atoms with E-state index in [0.717, 1.165) is 19.4 Å². The van der Waals surface area contributed by atoms with Gasteiger partial charge in [-0.3, -0.25) is 4.79 Å². The fourth-order valence-corrected chi connectivity index (χ4v) is 1.80. The van der Waals surface area contributed by atoms with Crippen molar-refractivity contribution in [2.45, 2.75) is 18.4 Å². The summed E-state index contributed by atoms with van der Waals surface area (Å²) < 4.78 is 5.51. The van der Waals surface area contributed by atoms with E-state index in [0.29, 0.717) is 19.1 Å². The summed E-state index contributed by atoms with van der Waals surface area (Å²) in [5.74, 6) is 0.0556. The second-order valence-corrected chi connectivity index (χ2v) is 3.55. The highest BCUT2D eigenvalue weighted by molar-refractivity contribution is 5.84. The van der Waals surface area contributed by atoms with E-state index in [2.05, 4.69) is 5.32 Å². The van der Waals surface area contributed by atoms with Gasteiger partial charge in [-0.15, -0.1) is 0 Å². The van der Waals surface area contributed by atoms with E-state index in [1.54, 1.807) is 0 Å². The van der Waals surface area contributed by atoms with Crippen molar-refractivity contribution in [2.24, 2.45) is 11.7 Å². The van der Waals surface area contributed by atoms with Crippen molar-refractivity contribution in [3.05, 3.63) is 0 Å². The molecule has 68 valence electrons. The molecule has 1 aliphatic heterocycles.